The van der Waals surface area contributed by atoms with Crippen molar-refractivity contribution in [2.24, 2.45) is 0 Å². The van der Waals surface area contributed by atoms with E-state index in [1.165, 1.54) is 0 Å². The smallest absolute Gasteiger partial charge is 0.193 e. The number of alkyl halides is 1. The van der Waals surface area contributed by atoms with Crippen LogP contribution in [0, 0.1) is 0 Å². The first kappa shape index (κ1) is 6.35. The molecule has 2 N–H and O–H groups in total. The Morgan fingerprint density at radius 2 is 2.33 bits per heavy atom. The molecule has 0 aliphatic rings. The normalized spacial score (nSPS) is 13.6. The Balaban J connectivity index is 2.94. The second-order valence-corrected chi connectivity index (χ2v) is 2.31. The molecule has 0 amide bonds. The third kappa shape index (κ3) is 1.13. The van der Waals surface area contributed by atoms with Gasteiger partial charge in [-0.2, -0.15) is 0 Å². The van der Waals surface area contributed by atoms with Crippen LogP contribution in [0.25, 0.3) is 0 Å². The lowest BCUT2D eigenvalue weighted by Crippen LogP contribution is -1.92. The number of nitrogens with two attached hydrogens (primary N) is 1. The van der Waals surface area contributed by atoms with Crippen molar-refractivity contribution in [3.8, 4) is 0 Å². The number of hydrogen-bond donors (Lipinski definition) is 1. The Kier molecular flexibility index (Phi) is 1.57. The van der Waals surface area contributed by atoms with Crippen LogP contribution in [-0.2, 0) is 0 Å². The molecule has 0 aliphatic heterocycles. The van der Waals surface area contributed by atoms with Gasteiger partial charge in [0.25, 0.3) is 0 Å². The fourth-order valence-electron chi connectivity index (χ4n) is 0.478. The summed E-state index contributed by atoms with van der Waals surface area (Å²) in [7, 11) is 0. The van der Waals surface area contributed by atoms with Gasteiger partial charge in [0.15, 0.2) is 5.82 Å². The second kappa shape index (κ2) is 2.23. The minimum Gasteiger partial charge on any atom is -0.379 e. The third-order valence-corrected chi connectivity index (χ3v) is 1.12. The molecule has 1 aromatic heterocycles. The van der Waals surface area contributed by atoms with E-state index < -0.39 is 0 Å². The van der Waals surface area contributed by atoms with Gasteiger partial charge in [0.2, 0.25) is 0 Å². The predicted molar refractivity (Wildman–Crippen MR) is 33.0 cm³/mol. The van der Waals surface area contributed by atoms with Gasteiger partial charge < -0.3 is 5.73 Å². The molecule has 5 heteroatoms. The van der Waals surface area contributed by atoms with Gasteiger partial charge in [0, 0.05) is 0 Å². The van der Waals surface area contributed by atoms with Crippen molar-refractivity contribution in [2.75, 3.05) is 5.73 Å². The minimum atomic E-state index is -0.240. The molecule has 1 atom stereocenters. The summed E-state index contributed by atoms with van der Waals surface area (Å²) in [5.74, 6) is 0.262. The molecule has 9 heavy (non-hydrogen) atoms. The molecular formula is C4H6ClN3O. The van der Waals surface area contributed by atoms with E-state index in [2.05, 4.69) is 14.9 Å². The van der Waals surface area contributed by atoms with Gasteiger partial charge in [-0.15, -0.1) is 11.6 Å². The molecule has 0 fully saturated rings. The molecule has 4 nitrogen and oxygen atoms in total. The highest BCUT2D eigenvalue weighted by Gasteiger charge is 2.10. The van der Waals surface area contributed by atoms with Gasteiger partial charge >= 0.3 is 0 Å². The number of hydrogen-bond acceptors (Lipinski definition) is 4. The monoisotopic (exact) mass is 147 g/mol. The van der Waals surface area contributed by atoms with Crippen LogP contribution in [0.4, 0.5) is 5.82 Å². The Bertz CT molecular complexity index is 197. The van der Waals surface area contributed by atoms with Crippen LogP contribution in [0.1, 0.15) is 18.0 Å². The summed E-state index contributed by atoms with van der Waals surface area (Å²) in [6, 6.07) is 0. The van der Waals surface area contributed by atoms with E-state index in [-0.39, 0.29) is 11.2 Å². The Morgan fingerprint density at radius 1 is 1.67 bits per heavy atom. The Morgan fingerprint density at radius 3 is 2.56 bits per heavy atom. The van der Waals surface area contributed by atoms with Crippen molar-refractivity contribution in [1.29, 1.82) is 0 Å². The molecule has 1 rings (SSSR count). The molecule has 1 unspecified atom stereocenters. The quantitative estimate of drug-likeness (QED) is 0.601. The Labute approximate surface area is 56.9 Å². The fraction of sp³-hybridized carbons (Fsp3) is 0.500. The number of anilines is 1. The molecule has 0 aromatic carbocycles. The number of nitrogen functional groups attached to an aromatic ring is 1. The van der Waals surface area contributed by atoms with E-state index in [1.54, 1.807) is 6.92 Å². The molecule has 0 bridgehead atoms. The average molecular weight is 148 g/mol. The molecule has 0 saturated heterocycles. The molecule has 1 aromatic rings. The zero-order valence-electron chi connectivity index (χ0n) is 4.84. The van der Waals surface area contributed by atoms with Gasteiger partial charge in [-0.05, 0) is 12.1 Å². The number of halogens is 1. The standard InChI is InChI=1S/C4H6ClN3O/c1-2(5)3-4(6)8-9-7-3/h2H,1H3,(H2,6,8). The summed E-state index contributed by atoms with van der Waals surface area (Å²) in [6.45, 7) is 1.75. The lowest BCUT2D eigenvalue weighted by molar-refractivity contribution is 0.305. The summed E-state index contributed by atoms with van der Waals surface area (Å²) in [4.78, 5) is 0. The maximum atomic E-state index is 5.61. The van der Waals surface area contributed by atoms with Crippen LogP contribution in [0.3, 0.4) is 0 Å². The number of aromatic nitrogens is 2. The van der Waals surface area contributed by atoms with E-state index in [9.17, 15) is 0 Å². The zero-order chi connectivity index (χ0) is 6.85. The van der Waals surface area contributed by atoms with Crippen molar-refractivity contribution < 1.29 is 4.63 Å². The first-order chi connectivity index (χ1) is 4.22. The lowest BCUT2D eigenvalue weighted by Gasteiger charge is -1.92. The molecule has 0 aliphatic carbocycles. The maximum absolute atomic E-state index is 5.61. The van der Waals surface area contributed by atoms with Crippen LogP contribution in [0.15, 0.2) is 4.63 Å². The van der Waals surface area contributed by atoms with Crippen LogP contribution in [0.5, 0.6) is 0 Å². The van der Waals surface area contributed by atoms with Gasteiger partial charge in [0.05, 0.1) is 5.38 Å². The fourth-order valence-corrected chi connectivity index (χ4v) is 0.630. The van der Waals surface area contributed by atoms with Crippen LogP contribution in [-0.4, -0.2) is 10.3 Å². The van der Waals surface area contributed by atoms with Crippen LogP contribution in [0.2, 0.25) is 0 Å². The van der Waals surface area contributed by atoms with E-state index in [0.29, 0.717) is 5.69 Å². The molecular weight excluding hydrogens is 142 g/mol. The summed E-state index contributed by atoms with van der Waals surface area (Å²) < 4.78 is 4.30. The Hall–Kier alpha value is -0.770. The van der Waals surface area contributed by atoms with Crippen LogP contribution < -0.4 is 5.73 Å². The molecule has 0 spiro atoms. The minimum absolute atomic E-state index is 0.240. The van der Waals surface area contributed by atoms with Gasteiger partial charge in [-0.3, -0.25) is 0 Å². The number of rotatable bonds is 1. The first-order valence-corrected chi connectivity index (χ1v) is 2.87. The van der Waals surface area contributed by atoms with E-state index in [1.807, 2.05) is 0 Å². The highest BCUT2D eigenvalue weighted by atomic mass is 35.5. The van der Waals surface area contributed by atoms with E-state index in [0.717, 1.165) is 0 Å². The largest absolute Gasteiger partial charge is 0.379 e. The van der Waals surface area contributed by atoms with Crippen molar-refractivity contribution in [3.05, 3.63) is 5.69 Å². The highest BCUT2D eigenvalue weighted by Crippen LogP contribution is 2.20. The van der Waals surface area contributed by atoms with Gasteiger partial charge in [-0.1, -0.05) is 5.16 Å². The van der Waals surface area contributed by atoms with Crippen molar-refractivity contribution in [1.82, 2.24) is 10.3 Å². The average Bonchev–Trinajstić information content (AvgIpc) is 2.13. The molecule has 50 valence electrons. The first-order valence-electron chi connectivity index (χ1n) is 2.44. The van der Waals surface area contributed by atoms with E-state index >= 15 is 0 Å². The van der Waals surface area contributed by atoms with Crippen molar-refractivity contribution in [3.63, 3.8) is 0 Å². The molecule has 0 saturated carbocycles. The van der Waals surface area contributed by atoms with Crippen molar-refractivity contribution >= 4 is 17.4 Å². The molecule has 1 heterocycles. The van der Waals surface area contributed by atoms with Gasteiger partial charge in [-0.25, -0.2) is 4.63 Å². The predicted octanol–water partition coefficient (Wildman–Crippen LogP) is 0.952. The highest BCUT2D eigenvalue weighted by molar-refractivity contribution is 6.20. The van der Waals surface area contributed by atoms with Gasteiger partial charge in [0.1, 0.15) is 5.69 Å². The summed E-state index contributed by atoms with van der Waals surface area (Å²) in [6.07, 6.45) is 0. The summed E-state index contributed by atoms with van der Waals surface area (Å²) >= 11 is 5.61. The number of nitrogens with zero attached hydrogens (tertiary/aromatic N) is 2. The third-order valence-electron chi connectivity index (χ3n) is 0.918. The lowest BCUT2D eigenvalue weighted by atomic mass is 10.3. The topological polar surface area (TPSA) is 64.9 Å². The van der Waals surface area contributed by atoms with Crippen molar-refractivity contribution in [2.45, 2.75) is 12.3 Å². The van der Waals surface area contributed by atoms with E-state index in [4.69, 9.17) is 17.3 Å². The second-order valence-electron chi connectivity index (χ2n) is 1.65. The SMILES string of the molecule is CC(Cl)c1nonc1N. The summed E-state index contributed by atoms with van der Waals surface area (Å²) in [5.41, 5.74) is 5.79. The summed E-state index contributed by atoms with van der Waals surface area (Å²) in [5, 5.41) is 6.58. The maximum Gasteiger partial charge on any atom is 0.193 e. The molecule has 0 radical (unpaired) electrons. The van der Waals surface area contributed by atoms with Crippen LogP contribution >= 0.6 is 11.6 Å². The zero-order valence-corrected chi connectivity index (χ0v) is 5.59.